The van der Waals surface area contributed by atoms with Crippen LogP contribution in [0.5, 0.6) is 0 Å². The number of rotatable bonds is 1. The summed E-state index contributed by atoms with van der Waals surface area (Å²) in [5.41, 5.74) is 6.23. The predicted molar refractivity (Wildman–Crippen MR) is 41.5 cm³/mol. The summed E-state index contributed by atoms with van der Waals surface area (Å²) in [5, 5.41) is 7.23. The molecule has 0 fully saturated rings. The van der Waals surface area contributed by atoms with Gasteiger partial charge < -0.3 is 5.73 Å². The van der Waals surface area contributed by atoms with E-state index in [-0.39, 0.29) is 0 Å². The Kier molecular flexibility index (Phi) is 1.62. The fourth-order valence-corrected chi connectivity index (χ4v) is 0.614. The van der Waals surface area contributed by atoms with Gasteiger partial charge in [-0.2, -0.15) is 5.10 Å². The van der Waals surface area contributed by atoms with Crippen molar-refractivity contribution < 1.29 is 4.58 Å². The number of amidine groups is 1. The van der Waals surface area contributed by atoms with Gasteiger partial charge in [0.15, 0.2) is 12.0 Å². The molecule has 0 amide bonds. The largest absolute Gasteiger partial charge is 0.381 e. The Morgan fingerprint density at radius 1 is 1.80 bits per heavy atom. The number of hydrogen-bond acceptors (Lipinski definition) is 3. The summed E-state index contributed by atoms with van der Waals surface area (Å²) < 4.78 is 1.65. The maximum atomic E-state index is 5.43. The van der Waals surface area contributed by atoms with Gasteiger partial charge in [-0.05, 0) is 0 Å². The zero-order chi connectivity index (χ0) is 7.56. The van der Waals surface area contributed by atoms with E-state index in [1.54, 1.807) is 17.0 Å². The molecule has 0 aromatic rings. The van der Waals surface area contributed by atoms with Crippen LogP contribution >= 0.6 is 0 Å². The molecule has 0 saturated carbocycles. The predicted octanol–water partition coefficient (Wildman–Crippen LogP) is -0.430. The fourth-order valence-electron chi connectivity index (χ4n) is 0.614. The lowest BCUT2D eigenvalue weighted by atomic mass is 10.3. The van der Waals surface area contributed by atoms with Crippen molar-refractivity contribution in [1.82, 2.24) is 0 Å². The highest BCUT2D eigenvalue weighted by Crippen LogP contribution is 1.97. The molecule has 0 bridgehead atoms. The van der Waals surface area contributed by atoms with Gasteiger partial charge in [0.25, 0.3) is 0 Å². The first-order chi connectivity index (χ1) is 4.70. The summed E-state index contributed by atoms with van der Waals surface area (Å²) >= 11 is 0. The number of nitrogens with two attached hydrogens (primary N) is 1. The lowest BCUT2D eigenvalue weighted by molar-refractivity contribution is -0.412. The van der Waals surface area contributed by atoms with Crippen LogP contribution in [0.4, 0.5) is 0 Å². The molecule has 0 unspecified atom stereocenters. The average molecular weight is 137 g/mol. The first-order valence-electron chi connectivity index (χ1n) is 2.82. The van der Waals surface area contributed by atoms with Crippen LogP contribution in [0.15, 0.2) is 22.0 Å². The third-order valence-corrected chi connectivity index (χ3v) is 1.02. The van der Waals surface area contributed by atoms with Crippen LogP contribution < -0.4 is 5.73 Å². The molecule has 0 atom stereocenters. The molecular formula is C6H9N4+. The molecule has 52 valence electrons. The van der Waals surface area contributed by atoms with Gasteiger partial charge in [-0.3, -0.25) is 0 Å². The maximum Gasteiger partial charge on any atom is 0.180 e. The van der Waals surface area contributed by atoms with Crippen LogP contribution in [0.1, 0.15) is 0 Å². The lowest BCUT2D eigenvalue weighted by Crippen LogP contribution is -2.13. The van der Waals surface area contributed by atoms with Crippen molar-refractivity contribution in [3.05, 3.63) is 11.8 Å². The first-order valence-corrected chi connectivity index (χ1v) is 2.82. The Balaban J connectivity index is 2.85. The molecule has 1 aliphatic heterocycles. The van der Waals surface area contributed by atoms with Crippen LogP contribution in [-0.2, 0) is 0 Å². The highest BCUT2D eigenvalue weighted by atomic mass is 15.2. The van der Waals surface area contributed by atoms with Crippen LogP contribution in [-0.4, -0.2) is 30.4 Å². The van der Waals surface area contributed by atoms with Gasteiger partial charge in [0.1, 0.15) is 19.3 Å². The van der Waals surface area contributed by atoms with Crippen molar-refractivity contribution in [3.63, 3.8) is 0 Å². The van der Waals surface area contributed by atoms with Crippen molar-refractivity contribution in [1.29, 1.82) is 0 Å². The molecule has 4 nitrogen and oxygen atoms in total. The van der Waals surface area contributed by atoms with E-state index in [9.17, 15) is 0 Å². The molecule has 0 aliphatic carbocycles. The molecule has 1 heterocycles. The van der Waals surface area contributed by atoms with Gasteiger partial charge in [0, 0.05) is 0 Å². The number of hydrogen-bond donors (Lipinski definition) is 1. The molecule has 10 heavy (non-hydrogen) atoms. The van der Waals surface area contributed by atoms with Gasteiger partial charge in [0.05, 0.1) is 6.21 Å². The minimum absolute atomic E-state index is 0.440. The van der Waals surface area contributed by atoms with E-state index < -0.39 is 0 Å². The summed E-state index contributed by atoms with van der Waals surface area (Å²) in [4.78, 5) is 0. The summed E-state index contributed by atoms with van der Waals surface area (Å²) in [6.45, 7) is 3.62. The van der Waals surface area contributed by atoms with Gasteiger partial charge in [-0.1, -0.05) is 0 Å². The van der Waals surface area contributed by atoms with E-state index in [0.29, 0.717) is 5.84 Å². The van der Waals surface area contributed by atoms with Crippen molar-refractivity contribution in [2.24, 2.45) is 15.9 Å². The average Bonchev–Trinajstić information content (AvgIpc) is 2.15. The standard InChI is InChI=1S/C6H9N4/c1-10(2)4-5-3-8-9-6(5)7/h3-4H,1H2,2H3,(H2,7,9)/q+1/b5-4-. The fraction of sp³-hybridized carbons (Fsp3) is 0.167. The molecular weight excluding hydrogens is 128 g/mol. The van der Waals surface area contributed by atoms with Crippen LogP contribution in [0.2, 0.25) is 0 Å². The van der Waals surface area contributed by atoms with Gasteiger partial charge in [0.2, 0.25) is 0 Å². The lowest BCUT2D eigenvalue weighted by Gasteiger charge is -1.87. The van der Waals surface area contributed by atoms with E-state index in [1.807, 2.05) is 7.05 Å². The Morgan fingerprint density at radius 3 is 2.90 bits per heavy atom. The van der Waals surface area contributed by atoms with E-state index in [4.69, 9.17) is 5.73 Å². The van der Waals surface area contributed by atoms with Crippen LogP contribution in [0.25, 0.3) is 0 Å². The maximum absolute atomic E-state index is 5.43. The van der Waals surface area contributed by atoms with Gasteiger partial charge in [-0.15, -0.1) is 5.10 Å². The van der Waals surface area contributed by atoms with Crippen molar-refractivity contribution in [2.75, 3.05) is 7.05 Å². The molecule has 1 rings (SSSR count). The molecule has 0 aromatic carbocycles. The minimum atomic E-state index is 0.440. The van der Waals surface area contributed by atoms with Crippen LogP contribution in [0, 0.1) is 0 Å². The van der Waals surface area contributed by atoms with E-state index in [2.05, 4.69) is 16.9 Å². The Morgan fingerprint density at radius 2 is 2.50 bits per heavy atom. The molecule has 0 spiro atoms. The topological polar surface area (TPSA) is 53.8 Å². The van der Waals surface area contributed by atoms with Crippen LogP contribution in [0.3, 0.4) is 0 Å². The van der Waals surface area contributed by atoms with Crippen molar-refractivity contribution in [3.8, 4) is 0 Å². The molecule has 0 aromatic heterocycles. The molecule has 0 saturated heterocycles. The summed E-state index contributed by atoms with van der Waals surface area (Å²) in [6.07, 6.45) is 3.35. The summed E-state index contributed by atoms with van der Waals surface area (Å²) in [5.74, 6) is 0.440. The normalized spacial score (nSPS) is 19.7. The Labute approximate surface area is 59.1 Å². The minimum Gasteiger partial charge on any atom is -0.381 e. The Bertz CT molecular complexity index is 246. The number of nitrogens with zero attached hydrogens (tertiary/aromatic N) is 3. The van der Waals surface area contributed by atoms with Gasteiger partial charge >= 0.3 is 0 Å². The third-order valence-electron chi connectivity index (χ3n) is 1.02. The zero-order valence-corrected chi connectivity index (χ0v) is 5.78. The monoisotopic (exact) mass is 137 g/mol. The second-order valence-corrected chi connectivity index (χ2v) is 2.07. The molecule has 0 radical (unpaired) electrons. The second-order valence-electron chi connectivity index (χ2n) is 2.07. The van der Waals surface area contributed by atoms with E-state index in [0.717, 1.165) is 5.57 Å². The quantitative estimate of drug-likeness (QED) is 0.387. The second kappa shape index (κ2) is 2.43. The van der Waals surface area contributed by atoms with Gasteiger partial charge in [-0.25, -0.2) is 4.58 Å². The third kappa shape index (κ3) is 1.28. The highest BCUT2D eigenvalue weighted by molar-refractivity contribution is 6.16. The van der Waals surface area contributed by atoms with Crippen molar-refractivity contribution in [2.45, 2.75) is 0 Å². The molecule has 4 heteroatoms. The summed E-state index contributed by atoms with van der Waals surface area (Å²) in [7, 11) is 1.81. The molecule has 1 aliphatic rings. The summed E-state index contributed by atoms with van der Waals surface area (Å²) in [6, 6.07) is 0. The first kappa shape index (κ1) is 6.67. The highest BCUT2D eigenvalue weighted by Gasteiger charge is 2.07. The Hall–Kier alpha value is -1.45. The van der Waals surface area contributed by atoms with Crippen molar-refractivity contribution >= 4 is 18.8 Å². The van der Waals surface area contributed by atoms with E-state index in [1.165, 1.54) is 0 Å². The zero-order valence-electron chi connectivity index (χ0n) is 5.78. The van der Waals surface area contributed by atoms with E-state index >= 15 is 0 Å². The SMILES string of the molecule is C=[N+](C)/C=C1/C=NN=C1N. The molecule has 2 N–H and O–H groups in total. The smallest absolute Gasteiger partial charge is 0.180 e.